The van der Waals surface area contributed by atoms with E-state index >= 15 is 0 Å². The summed E-state index contributed by atoms with van der Waals surface area (Å²) in [4.78, 5) is 14.1. The molecule has 5 nitrogen and oxygen atoms in total. The summed E-state index contributed by atoms with van der Waals surface area (Å²) in [7, 11) is 0. The van der Waals surface area contributed by atoms with Gasteiger partial charge in [0.05, 0.1) is 19.8 Å². The Labute approximate surface area is 126 Å². The Morgan fingerprint density at radius 2 is 1.90 bits per heavy atom. The van der Waals surface area contributed by atoms with Gasteiger partial charge in [0.2, 0.25) is 0 Å². The van der Waals surface area contributed by atoms with Crippen molar-refractivity contribution in [1.29, 1.82) is 0 Å². The van der Waals surface area contributed by atoms with E-state index < -0.39 is 0 Å². The predicted octanol–water partition coefficient (Wildman–Crippen LogP) is 2.18. The van der Waals surface area contributed by atoms with Gasteiger partial charge in [-0.15, -0.1) is 0 Å². The van der Waals surface area contributed by atoms with E-state index in [9.17, 15) is 0 Å². The van der Waals surface area contributed by atoms with Crippen molar-refractivity contribution in [3.63, 3.8) is 0 Å². The second-order valence-electron chi connectivity index (χ2n) is 6.00. The third-order valence-electron chi connectivity index (χ3n) is 3.85. The van der Waals surface area contributed by atoms with E-state index in [1.807, 2.05) is 0 Å². The average Bonchev–Trinajstić information content (AvgIpc) is 2.96. The van der Waals surface area contributed by atoms with Gasteiger partial charge in [0.1, 0.15) is 17.5 Å². The summed E-state index contributed by atoms with van der Waals surface area (Å²) in [6.45, 7) is 9.71. The van der Waals surface area contributed by atoms with Gasteiger partial charge in [-0.3, -0.25) is 4.99 Å². The fourth-order valence-corrected chi connectivity index (χ4v) is 2.81. The number of pyridine rings is 1. The van der Waals surface area contributed by atoms with Gasteiger partial charge < -0.3 is 14.5 Å². The van der Waals surface area contributed by atoms with Crippen LogP contribution in [0.2, 0.25) is 0 Å². The lowest BCUT2D eigenvalue weighted by molar-refractivity contribution is 0.122. The molecule has 2 aliphatic rings. The van der Waals surface area contributed by atoms with Crippen LogP contribution in [0.4, 0.5) is 11.6 Å². The summed E-state index contributed by atoms with van der Waals surface area (Å²) < 4.78 is 5.41. The van der Waals surface area contributed by atoms with Gasteiger partial charge in [0.15, 0.2) is 0 Å². The Bertz CT molecular complexity index is 509. The molecule has 3 heterocycles. The topological polar surface area (TPSA) is 41.0 Å². The summed E-state index contributed by atoms with van der Waals surface area (Å²) >= 11 is 0. The van der Waals surface area contributed by atoms with Crippen LogP contribution in [0.1, 0.15) is 20.3 Å². The fourth-order valence-electron chi connectivity index (χ4n) is 2.81. The summed E-state index contributed by atoms with van der Waals surface area (Å²) in [6.07, 6.45) is 1.02. The van der Waals surface area contributed by atoms with Gasteiger partial charge in [-0.05, 0) is 18.1 Å². The molecule has 114 valence electrons. The molecule has 0 N–H and O–H groups in total. The lowest BCUT2D eigenvalue weighted by atomic mass is 10.1. The Morgan fingerprint density at radius 1 is 1.14 bits per heavy atom. The van der Waals surface area contributed by atoms with Gasteiger partial charge in [-0.1, -0.05) is 19.9 Å². The molecule has 0 amide bonds. The Hall–Kier alpha value is -1.62. The number of hydrogen-bond acceptors (Lipinski definition) is 5. The van der Waals surface area contributed by atoms with Crippen LogP contribution in [0, 0.1) is 5.92 Å². The number of nitrogens with zero attached hydrogens (tertiary/aromatic N) is 4. The number of aliphatic imine (C=N–C) groups is 1. The highest BCUT2D eigenvalue weighted by Gasteiger charge is 2.21. The first kappa shape index (κ1) is 14.3. The van der Waals surface area contributed by atoms with Crippen LogP contribution in [0.3, 0.4) is 0 Å². The SMILES string of the molecule is CC(C)CC1=NCCN1c1cccc(N2CCOCC2)n1. The molecule has 2 aliphatic heterocycles. The molecule has 1 saturated heterocycles. The summed E-state index contributed by atoms with van der Waals surface area (Å²) in [5.74, 6) is 3.87. The van der Waals surface area contributed by atoms with Gasteiger partial charge in [0.25, 0.3) is 0 Å². The minimum absolute atomic E-state index is 0.617. The zero-order valence-electron chi connectivity index (χ0n) is 13.0. The largest absolute Gasteiger partial charge is 0.378 e. The van der Waals surface area contributed by atoms with Crippen molar-refractivity contribution in [3.8, 4) is 0 Å². The minimum Gasteiger partial charge on any atom is -0.378 e. The van der Waals surface area contributed by atoms with E-state index in [0.29, 0.717) is 5.92 Å². The standard InChI is InChI=1S/C16H24N4O/c1-13(2)12-16-17-6-7-20(16)15-5-3-4-14(18-15)19-8-10-21-11-9-19/h3-5,13H,6-12H2,1-2H3. The van der Waals surface area contributed by atoms with Crippen LogP contribution in [-0.4, -0.2) is 50.2 Å². The maximum absolute atomic E-state index is 5.41. The molecular formula is C16H24N4O. The molecule has 0 spiro atoms. The molecule has 0 unspecified atom stereocenters. The number of aromatic nitrogens is 1. The maximum atomic E-state index is 5.41. The number of amidine groups is 1. The highest BCUT2D eigenvalue weighted by molar-refractivity contribution is 5.98. The van der Waals surface area contributed by atoms with E-state index in [2.05, 4.69) is 46.8 Å². The molecule has 0 aliphatic carbocycles. The Morgan fingerprint density at radius 3 is 2.67 bits per heavy atom. The molecule has 0 atom stereocenters. The van der Waals surface area contributed by atoms with E-state index in [1.165, 1.54) is 5.84 Å². The fraction of sp³-hybridized carbons (Fsp3) is 0.625. The first-order valence-electron chi connectivity index (χ1n) is 7.84. The molecule has 0 saturated carbocycles. The van der Waals surface area contributed by atoms with Crippen LogP contribution >= 0.6 is 0 Å². The zero-order valence-corrected chi connectivity index (χ0v) is 13.0. The van der Waals surface area contributed by atoms with Gasteiger partial charge in [-0.2, -0.15) is 0 Å². The first-order chi connectivity index (χ1) is 10.2. The molecule has 1 fully saturated rings. The normalized spacial score (nSPS) is 19.3. The highest BCUT2D eigenvalue weighted by atomic mass is 16.5. The number of rotatable bonds is 4. The molecule has 1 aromatic rings. The van der Waals surface area contributed by atoms with E-state index in [0.717, 1.165) is 57.4 Å². The average molecular weight is 288 g/mol. The van der Waals surface area contributed by atoms with Gasteiger partial charge in [-0.25, -0.2) is 4.98 Å². The van der Waals surface area contributed by atoms with E-state index in [1.54, 1.807) is 0 Å². The first-order valence-corrected chi connectivity index (χ1v) is 7.84. The van der Waals surface area contributed by atoms with Gasteiger partial charge in [0, 0.05) is 26.1 Å². The number of morpholine rings is 1. The van der Waals surface area contributed by atoms with Crippen LogP contribution < -0.4 is 9.80 Å². The van der Waals surface area contributed by atoms with Crippen molar-refractivity contribution < 1.29 is 4.74 Å². The van der Waals surface area contributed by atoms with Crippen LogP contribution in [-0.2, 0) is 4.74 Å². The minimum atomic E-state index is 0.617. The second kappa shape index (κ2) is 6.43. The number of hydrogen-bond donors (Lipinski definition) is 0. The molecule has 0 radical (unpaired) electrons. The van der Waals surface area contributed by atoms with Crippen LogP contribution in [0.25, 0.3) is 0 Å². The molecule has 1 aromatic heterocycles. The van der Waals surface area contributed by atoms with Crippen molar-refractivity contribution in [2.75, 3.05) is 49.2 Å². The summed E-state index contributed by atoms with van der Waals surface area (Å²) in [5.41, 5.74) is 0. The highest BCUT2D eigenvalue weighted by Crippen LogP contribution is 2.22. The number of ether oxygens (including phenoxy) is 1. The Kier molecular flexibility index (Phi) is 4.39. The van der Waals surface area contributed by atoms with Crippen molar-refractivity contribution in [2.24, 2.45) is 10.9 Å². The second-order valence-corrected chi connectivity index (χ2v) is 6.00. The molecule has 3 rings (SSSR count). The third-order valence-corrected chi connectivity index (χ3v) is 3.85. The van der Waals surface area contributed by atoms with Crippen molar-refractivity contribution in [2.45, 2.75) is 20.3 Å². The van der Waals surface area contributed by atoms with Crippen molar-refractivity contribution >= 4 is 17.5 Å². The molecule has 21 heavy (non-hydrogen) atoms. The summed E-state index contributed by atoms with van der Waals surface area (Å²) in [6, 6.07) is 6.27. The van der Waals surface area contributed by atoms with Crippen molar-refractivity contribution in [3.05, 3.63) is 18.2 Å². The maximum Gasteiger partial charge on any atom is 0.136 e. The Balaban J connectivity index is 1.77. The summed E-state index contributed by atoms with van der Waals surface area (Å²) in [5, 5.41) is 0. The monoisotopic (exact) mass is 288 g/mol. The van der Waals surface area contributed by atoms with E-state index in [4.69, 9.17) is 9.72 Å². The molecule has 0 bridgehead atoms. The lowest BCUT2D eigenvalue weighted by Crippen LogP contribution is -2.37. The van der Waals surface area contributed by atoms with Gasteiger partial charge >= 0.3 is 0 Å². The molecular weight excluding hydrogens is 264 g/mol. The lowest BCUT2D eigenvalue weighted by Gasteiger charge is -2.29. The molecule has 5 heteroatoms. The molecule has 0 aromatic carbocycles. The van der Waals surface area contributed by atoms with Crippen LogP contribution in [0.5, 0.6) is 0 Å². The quantitative estimate of drug-likeness (QED) is 0.851. The predicted molar refractivity (Wildman–Crippen MR) is 86.4 cm³/mol. The zero-order chi connectivity index (χ0) is 14.7. The third kappa shape index (κ3) is 3.35. The smallest absolute Gasteiger partial charge is 0.136 e. The van der Waals surface area contributed by atoms with E-state index in [-0.39, 0.29) is 0 Å². The van der Waals surface area contributed by atoms with Crippen LogP contribution in [0.15, 0.2) is 23.2 Å². The van der Waals surface area contributed by atoms with Crippen molar-refractivity contribution in [1.82, 2.24) is 4.98 Å². The number of anilines is 2.